The van der Waals surface area contributed by atoms with Crippen molar-refractivity contribution in [1.82, 2.24) is 4.90 Å². The summed E-state index contributed by atoms with van der Waals surface area (Å²) in [5.74, 6) is 0.101. The van der Waals surface area contributed by atoms with Crippen molar-refractivity contribution in [3.05, 3.63) is 22.4 Å². The molecule has 0 saturated heterocycles. The number of likely N-dealkylation sites (N-methyl/N-ethyl adjacent to an activating group) is 1. The van der Waals surface area contributed by atoms with Crippen LogP contribution in [0.15, 0.2) is 22.7 Å². The molecule has 0 aliphatic carbocycles. The van der Waals surface area contributed by atoms with E-state index in [2.05, 4.69) is 11.2 Å². The van der Waals surface area contributed by atoms with Gasteiger partial charge >= 0.3 is 0 Å². The second-order valence-electron chi connectivity index (χ2n) is 3.93. The van der Waals surface area contributed by atoms with E-state index >= 15 is 0 Å². The zero-order valence-corrected chi connectivity index (χ0v) is 11.3. The van der Waals surface area contributed by atoms with E-state index in [1.54, 1.807) is 16.2 Å². The highest BCUT2D eigenvalue weighted by atomic mass is 32.1. The van der Waals surface area contributed by atoms with Crippen molar-refractivity contribution >= 4 is 23.1 Å². The van der Waals surface area contributed by atoms with E-state index in [0.717, 1.165) is 12.8 Å². The molecule has 1 amide bonds. The van der Waals surface area contributed by atoms with E-state index in [0.29, 0.717) is 13.0 Å². The lowest BCUT2D eigenvalue weighted by Crippen LogP contribution is -2.38. The Morgan fingerprint density at radius 2 is 2.39 bits per heavy atom. The first-order chi connectivity index (χ1) is 8.67. The fraction of sp³-hybridized carbons (Fsp3) is 0.500. The Bertz CT molecular complexity index is 390. The van der Waals surface area contributed by atoms with Crippen molar-refractivity contribution in [2.45, 2.75) is 26.2 Å². The Labute approximate surface area is 111 Å². The summed E-state index contributed by atoms with van der Waals surface area (Å²) >= 11 is 1.71. The lowest BCUT2D eigenvalue weighted by atomic mass is 10.2. The van der Waals surface area contributed by atoms with Crippen LogP contribution in [0.3, 0.4) is 0 Å². The Morgan fingerprint density at radius 1 is 1.61 bits per heavy atom. The monoisotopic (exact) mass is 269 g/mol. The number of hydrogen-bond donors (Lipinski definition) is 2. The van der Waals surface area contributed by atoms with Crippen LogP contribution in [0.1, 0.15) is 24.6 Å². The molecule has 6 heteroatoms. The van der Waals surface area contributed by atoms with Crippen molar-refractivity contribution in [1.29, 1.82) is 0 Å². The second kappa shape index (κ2) is 7.71. The molecule has 5 nitrogen and oxygen atoms in total. The first-order valence-corrected chi connectivity index (χ1v) is 6.82. The van der Waals surface area contributed by atoms with Gasteiger partial charge in [0.25, 0.3) is 0 Å². The number of hydrogen-bond acceptors (Lipinski definition) is 4. The number of thiophene rings is 1. The molecule has 0 atom stereocenters. The van der Waals surface area contributed by atoms with Gasteiger partial charge < -0.3 is 15.8 Å². The fourth-order valence-corrected chi connectivity index (χ4v) is 2.38. The number of nitrogens with zero attached hydrogens (tertiary/aromatic N) is 2. The first-order valence-electron chi connectivity index (χ1n) is 5.94. The molecule has 1 heterocycles. The van der Waals surface area contributed by atoms with Gasteiger partial charge in [-0.2, -0.15) is 0 Å². The number of carbonyl (C=O) groups is 1. The Kier molecular flexibility index (Phi) is 6.21. The van der Waals surface area contributed by atoms with Gasteiger partial charge in [-0.25, -0.2) is 0 Å². The molecule has 1 rings (SSSR count). The van der Waals surface area contributed by atoms with Crippen LogP contribution in [0, 0.1) is 0 Å². The van der Waals surface area contributed by atoms with Crippen LogP contribution in [0.2, 0.25) is 0 Å². The number of nitrogens with two attached hydrogens (primary N) is 1. The van der Waals surface area contributed by atoms with E-state index in [1.165, 1.54) is 4.88 Å². The summed E-state index contributed by atoms with van der Waals surface area (Å²) in [6.45, 7) is 2.63. The summed E-state index contributed by atoms with van der Waals surface area (Å²) in [5.41, 5.74) is 5.40. The third-order valence-electron chi connectivity index (χ3n) is 2.61. The number of amides is 1. The van der Waals surface area contributed by atoms with Crippen LogP contribution in [0.25, 0.3) is 0 Å². The molecule has 0 saturated carbocycles. The Hall–Kier alpha value is -1.56. The summed E-state index contributed by atoms with van der Waals surface area (Å²) in [5, 5.41) is 13.4. The number of oxime groups is 1. The Balaban J connectivity index is 2.33. The maximum atomic E-state index is 11.9. The van der Waals surface area contributed by atoms with Crippen LogP contribution < -0.4 is 5.73 Å². The van der Waals surface area contributed by atoms with E-state index in [9.17, 15) is 4.79 Å². The van der Waals surface area contributed by atoms with Crippen molar-refractivity contribution in [2.75, 3.05) is 13.1 Å². The lowest BCUT2D eigenvalue weighted by molar-refractivity contribution is -0.130. The smallest absolute Gasteiger partial charge is 0.222 e. The SMILES string of the molecule is CCN(CC(N)=NO)C(=O)CCCc1cccs1. The minimum absolute atomic E-state index is 0.0423. The summed E-state index contributed by atoms with van der Waals surface area (Å²) in [7, 11) is 0. The van der Waals surface area contributed by atoms with Gasteiger partial charge in [-0.1, -0.05) is 11.2 Å². The maximum Gasteiger partial charge on any atom is 0.222 e. The van der Waals surface area contributed by atoms with Crippen LogP contribution in [-0.4, -0.2) is 34.9 Å². The zero-order valence-electron chi connectivity index (χ0n) is 10.5. The standard InChI is InChI=1S/C12H19N3O2S/c1-2-15(9-11(13)14-17)12(16)7-3-5-10-6-4-8-18-10/h4,6,8,17H,2-3,5,7,9H2,1H3,(H2,13,14). The predicted octanol–water partition coefficient (Wildman–Crippen LogP) is 1.67. The lowest BCUT2D eigenvalue weighted by Gasteiger charge is -2.19. The third-order valence-corrected chi connectivity index (χ3v) is 3.55. The first kappa shape index (κ1) is 14.5. The molecule has 0 fully saturated rings. The van der Waals surface area contributed by atoms with E-state index in [4.69, 9.17) is 10.9 Å². The summed E-state index contributed by atoms with van der Waals surface area (Å²) in [6, 6.07) is 4.09. The molecule has 0 spiro atoms. The summed E-state index contributed by atoms with van der Waals surface area (Å²) < 4.78 is 0. The Morgan fingerprint density at radius 3 is 2.94 bits per heavy atom. The number of rotatable bonds is 7. The highest BCUT2D eigenvalue weighted by molar-refractivity contribution is 7.09. The molecule has 0 aliphatic rings. The van der Waals surface area contributed by atoms with Gasteiger partial charge in [-0.15, -0.1) is 11.3 Å². The molecule has 1 aromatic rings. The van der Waals surface area contributed by atoms with E-state index < -0.39 is 0 Å². The van der Waals surface area contributed by atoms with Crippen LogP contribution in [0.4, 0.5) is 0 Å². The molecule has 1 aromatic heterocycles. The maximum absolute atomic E-state index is 11.9. The molecule has 0 aliphatic heterocycles. The predicted molar refractivity (Wildman–Crippen MR) is 72.9 cm³/mol. The molecular weight excluding hydrogens is 250 g/mol. The summed E-state index contributed by atoms with van der Waals surface area (Å²) in [4.78, 5) is 14.8. The van der Waals surface area contributed by atoms with Crippen LogP contribution in [0.5, 0.6) is 0 Å². The van der Waals surface area contributed by atoms with E-state index in [1.807, 2.05) is 18.4 Å². The average molecular weight is 269 g/mol. The minimum Gasteiger partial charge on any atom is -0.409 e. The zero-order chi connectivity index (χ0) is 13.4. The minimum atomic E-state index is 0.0423. The average Bonchev–Trinajstić information content (AvgIpc) is 2.88. The molecule has 0 aromatic carbocycles. The topological polar surface area (TPSA) is 78.9 Å². The largest absolute Gasteiger partial charge is 0.409 e. The van der Waals surface area contributed by atoms with Gasteiger partial charge in [0.2, 0.25) is 5.91 Å². The molecular formula is C12H19N3O2S. The van der Waals surface area contributed by atoms with Gasteiger partial charge in [0, 0.05) is 17.8 Å². The van der Waals surface area contributed by atoms with Crippen molar-refractivity contribution < 1.29 is 10.0 Å². The van der Waals surface area contributed by atoms with E-state index in [-0.39, 0.29) is 18.3 Å². The second-order valence-corrected chi connectivity index (χ2v) is 4.96. The van der Waals surface area contributed by atoms with Crippen LogP contribution in [-0.2, 0) is 11.2 Å². The van der Waals surface area contributed by atoms with Crippen molar-refractivity contribution in [2.24, 2.45) is 10.9 Å². The molecule has 100 valence electrons. The molecule has 3 N–H and O–H groups in total. The molecule has 0 radical (unpaired) electrons. The number of carbonyl (C=O) groups excluding carboxylic acids is 1. The summed E-state index contributed by atoms with van der Waals surface area (Å²) in [6.07, 6.45) is 2.24. The third kappa shape index (κ3) is 4.75. The normalized spacial score (nSPS) is 11.5. The van der Waals surface area contributed by atoms with Gasteiger partial charge in [-0.3, -0.25) is 4.79 Å². The number of aryl methyl sites for hydroxylation is 1. The number of amidine groups is 1. The van der Waals surface area contributed by atoms with Gasteiger partial charge in [0.15, 0.2) is 5.84 Å². The highest BCUT2D eigenvalue weighted by Crippen LogP contribution is 2.12. The van der Waals surface area contributed by atoms with Crippen molar-refractivity contribution in [3.8, 4) is 0 Å². The van der Waals surface area contributed by atoms with Crippen molar-refractivity contribution in [3.63, 3.8) is 0 Å². The molecule has 0 unspecified atom stereocenters. The fourth-order valence-electron chi connectivity index (χ4n) is 1.63. The van der Waals surface area contributed by atoms with Crippen LogP contribution >= 0.6 is 11.3 Å². The van der Waals surface area contributed by atoms with Gasteiger partial charge in [0.05, 0.1) is 6.54 Å². The molecule has 0 bridgehead atoms. The quantitative estimate of drug-likeness (QED) is 0.342. The van der Waals surface area contributed by atoms with Gasteiger partial charge in [-0.05, 0) is 31.2 Å². The highest BCUT2D eigenvalue weighted by Gasteiger charge is 2.12. The molecule has 18 heavy (non-hydrogen) atoms. The van der Waals surface area contributed by atoms with Gasteiger partial charge in [0.1, 0.15) is 0 Å².